The van der Waals surface area contributed by atoms with Crippen molar-refractivity contribution in [3.05, 3.63) is 29.3 Å². The number of rotatable bonds is 4. The lowest BCUT2D eigenvalue weighted by Crippen LogP contribution is -2.48. The molecule has 3 nitrogen and oxygen atoms in total. The Morgan fingerprint density at radius 1 is 1.31 bits per heavy atom. The van der Waals surface area contributed by atoms with Crippen molar-refractivity contribution in [3.8, 4) is 5.75 Å². The highest BCUT2D eigenvalue weighted by Crippen LogP contribution is 2.23. The molecule has 1 aromatic rings. The van der Waals surface area contributed by atoms with Crippen LogP contribution in [0.3, 0.4) is 0 Å². The Bertz CT molecular complexity index is 327. The van der Waals surface area contributed by atoms with E-state index in [1.54, 1.807) is 0 Å². The van der Waals surface area contributed by atoms with Gasteiger partial charge in [0.25, 0.3) is 0 Å². The van der Waals surface area contributed by atoms with Crippen LogP contribution >= 0.6 is 11.6 Å². The maximum absolute atomic E-state index is 5.99. The first-order valence-corrected chi connectivity index (χ1v) is 6.05. The van der Waals surface area contributed by atoms with Crippen LogP contribution in [0.15, 0.2) is 24.3 Å². The van der Waals surface area contributed by atoms with E-state index in [1.165, 1.54) is 0 Å². The van der Waals surface area contributed by atoms with E-state index < -0.39 is 0 Å². The molecule has 1 unspecified atom stereocenters. The first-order valence-electron chi connectivity index (χ1n) is 5.67. The van der Waals surface area contributed by atoms with Gasteiger partial charge < -0.3 is 15.4 Å². The van der Waals surface area contributed by atoms with Gasteiger partial charge in [-0.3, -0.25) is 0 Å². The molecular weight excluding hydrogens is 224 g/mol. The Balaban J connectivity index is 1.73. The highest BCUT2D eigenvalue weighted by Gasteiger charge is 2.11. The van der Waals surface area contributed by atoms with E-state index in [0.29, 0.717) is 17.7 Å². The van der Waals surface area contributed by atoms with Crippen molar-refractivity contribution < 1.29 is 4.74 Å². The van der Waals surface area contributed by atoms with Crippen molar-refractivity contribution in [1.29, 1.82) is 0 Å². The Morgan fingerprint density at radius 2 is 2.19 bits per heavy atom. The molecule has 1 aliphatic heterocycles. The molecule has 1 saturated heterocycles. The van der Waals surface area contributed by atoms with Gasteiger partial charge in [0.1, 0.15) is 5.75 Å². The summed E-state index contributed by atoms with van der Waals surface area (Å²) in [6, 6.07) is 8.09. The van der Waals surface area contributed by atoms with Crippen LogP contribution in [0.4, 0.5) is 0 Å². The molecule has 88 valence electrons. The minimum atomic E-state index is 0.510. The molecule has 1 atom stereocenters. The SMILES string of the molecule is Clc1ccccc1OCCC1CNCCN1. The molecule has 1 heterocycles. The molecule has 0 aromatic heterocycles. The highest BCUT2D eigenvalue weighted by molar-refractivity contribution is 6.32. The number of para-hydroxylation sites is 1. The summed E-state index contributed by atoms with van der Waals surface area (Å²) in [5.74, 6) is 0.771. The maximum atomic E-state index is 5.99. The second-order valence-corrected chi connectivity index (χ2v) is 4.33. The molecule has 0 amide bonds. The molecule has 0 spiro atoms. The zero-order valence-corrected chi connectivity index (χ0v) is 9.96. The van der Waals surface area contributed by atoms with Gasteiger partial charge in [-0.2, -0.15) is 0 Å². The van der Waals surface area contributed by atoms with E-state index in [0.717, 1.165) is 31.8 Å². The summed E-state index contributed by atoms with van der Waals surface area (Å²) in [5.41, 5.74) is 0. The fourth-order valence-corrected chi connectivity index (χ4v) is 1.98. The van der Waals surface area contributed by atoms with Crippen LogP contribution < -0.4 is 15.4 Å². The maximum Gasteiger partial charge on any atom is 0.137 e. The van der Waals surface area contributed by atoms with Crippen molar-refractivity contribution in [3.63, 3.8) is 0 Å². The number of benzene rings is 1. The third-order valence-electron chi connectivity index (χ3n) is 2.69. The van der Waals surface area contributed by atoms with Crippen molar-refractivity contribution >= 4 is 11.6 Å². The standard InChI is InChI=1S/C12H17ClN2O/c13-11-3-1-2-4-12(11)16-8-5-10-9-14-6-7-15-10/h1-4,10,14-15H,5-9H2. The lowest BCUT2D eigenvalue weighted by molar-refractivity contribution is 0.274. The number of nitrogens with one attached hydrogen (secondary N) is 2. The first-order chi connectivity index (χ1) is 7.86. The van der Waals surface area contributed by atoms with Gasteiger partial charge in [-0.15, -0.1) is 0 Å². The fourth-order valence-electron chi connectivity index (χ4n) is 1.79. The van der Waals surface area contributed by atoms with E-state index >= 15 is 0 Å². The van der Waals surface area contributed by atoms with E-state index in [9.17, 15) is 0 Å². The second-order valence-electron chi connectivity index (χ2n) is 3.92. The van der Waals surface area contributed by atoms with Gasteiger partial charge in [-0.25, -0.2) is 0 Å². The Labute approximate surface area is 101 Å². The molecule has 0 aliphatic carbocycles. The van der Waals surface area contributed by atoms with Gasteiger partial charge in [-0.1, -0.05) is 23.7 Å². The van der Waals surface area contributed by atoms with Crippen LogP contribution in [0.1, 0.15) is 6.42 Å². The summed E-state index contributed by atoms with van der Waals surface area (Å²) < 4.78 is 5.64. The molecule has 16 heavy (non-hydrogen) atoms. The lowest BCUT2D eigenvalue weighted by atomic mass is 10.2. The van der Waals surface area contributed by atoms with E-state index in [1.807, 2.05) is 24.3 Å². The van der Waals surface area contributed by atoms with Crippen LogP contribution in [-0.4, -0.2) is 32.3 Å². The van der Waals surface area contributed by atoms with Crippen LogP contribution in [0, 0.1) is 0 Å². The molecule has 2 rings (SSSR count). The topological polar surface area (TPSA) is 33.3 Å². The largest absolute Gasteiger partial charge is 0.492 e. The first kappa shape index (κ1) is 11.7. The minimum Gasteiger partial charge on any atom is -0.492 e. The number of hydrogen-bond donors (Lipinski definition) is 2. The van der Waals surface area contributed by atoms with Crippen molar-refractivity contribution in [2.75, 3.05) is 26.2 Å². The average molecular weight is 241 g/mol. The zero-order valence-electron chi connectivity index (χ0n) is 9.21. The van der Waals surface area contributed by atoms with E-state index in [4.69, 9.17) is 16.3 Å². The smallest absolute Gasteiger partial charge is 0.137 e. The average Bonchev–Trinajstić information content (AvgIpc) is 2.33. The van der Waals surface area contributed by atoms with Gasteiger partial charge in [0, 0.05) is 25.7 Å². The Morgan fingerprint density at radius 3 is 2.94 bits per heavy atom. The summed E-state index contributed by atoms with van der Waals surface area (Å²) >= 11 is 5.99. The summed E-state index contributed by atoms with van der Waals surface area (Å²) in [4.78, 5) is 0. The van der Waals surface area contributed by atoms with Crippen LogP contribution in [0.25, 0.3) is 0 Å². The minimum absolute atomic E-state index is 0.510. The zero-order chi connectivity index (χ0) is 11.2. The number of hydrogen-bond acceptors (Lipinski definition) is 3. The van der Waals surface area contributed by atoms with Crippen molar-refractivity contribution in [2.24, 2.45) is 0 Å². The monoisotopic (exact) mass is 240 g/mol. The van der Waals surface area contributed by atoms with Gasteiger partial charge >= 0.3 is 0 Å². The predicted octanol–water partition coefficient (Wildman–Crippen LogP) is 1.67. The van der Waals surface area contributed by atoms with Crippen LogP contribution in [0.5, 0.6) is 5.75 Å². The summed E-state index contributed by atoms with van der Waals surface area (Å²) in [7, 11) is 0. The van der Waals surface area contributed by atoms with Crippen LogP contribution in [0.2, 0.25) is 5.02 Å². The third kappa shape index (κ3) is 3.37. The Kier molecular flexibility index (Phi) is 4.45. The Hall–Kier alpha value is -0.770. The quantitative estimate of drug-likeness (QED) is 0.840. The molecule has 0 bridgehead atoms. The van der Waals surface area contributed by atoms with E-state index in [-0.39, 0.29) is 0 Å². The third-order valence-corrected chi connectivity index (χ3v) is 3.00. The molecule has 0 saturated carbocycles. The molecule has 1 aliphatic rings. The van der Waals surface area contributed by atoms with Crippen molar-refractivity contribution in [2.45, 2.75) is 12.5 Å². The fraction of sp³-hybridized carbons (Fsp3) is 0.500. The van der Waals surface area contributed by atoms with Crippen LogP contribution in [-0.2, 0) is 0 Å². The van der Waals surface area contributed by atoms with Gasteiger partial charge in [0.05, 0.1) is 11.6 Å². The molecule has 2 N–H and O–H groups in total. The highest BCUT2D eigenvalue weighted by atomic mass is 35.5. The molecule has 4 heteroatoms. The van der Waals surface area contributed by atoms with Gasteiger partial charge in [0.2, 0.25) is 0 Å². The molecular formula is C12H17ClN2O. The number of halogens is 1. The summed E-state index contributed by atoms with van der Waals surface area (Å²) in [6.07, 6.45) is 0.998. The van der Waals surface area contributed by atoms with Crippen molar-refractivity contribution in [1.82, 2.24) is 10.6 Å². The summed E-state index contributed by atoms with van der Waals surface area (Å²) in [5, 5.41) is 7.47. The van der Waals surface area contributed by atoms with Gasteiger partial charge in [0.15, 0.2) is 0 Å². The molecule has 1 aromatic carbocycles. The van der Waals surface area contributed by atoms with Gasteiger partial charge in [-0.05, 0) is 18.6 Å². The lowest BCUT2D eigenvalue weighted by Gasteiger charge is -2.24. The molecule has 1 fully saturated rings. The predicted molar refractivity (Wildman–Crippen MR) is 66.2 cm³/mol. The normalized spacial score (nSPS) is 20.7. The number of piperazine rings is 1. The van der Waals surface area contributed by atoms with E-state index in [2.05, 4.69) is 10.6 Å². The number of ether oxygens (including phenoxy) is 1. The molecule has 0 radical (unpaired) electrons. The second kappa shape index (κ2) is 6.09. The summed E-state index contributed by atoms with van der Waals surface area (Å²) in [6.45, 7) is 3.81.